The quantitative estimate of drug-likeness (QED) is 0.638. The zero-order valence-corrected chi connectivity index (χ0v) is 19.3. The van der Waals surface area contributed by atoms with Gasteiger partial charge >= 0.3 is 0 Å². The van der Waals surface area contributed by atoms with E-state index in [1.54, 1.807) is 35.2 Å². The maximum absolute atomic E-state index is 13.6. The normalized spacial score (nSPS) is 21.2. The molecule has 2 aromatic carbocycles. The summed E-state index contributed by atoms with van der Waals surface area (Å²) in [6.45, 7) is 1.63. The van der Waals surface area contributed by atoms with Crippen LogP contribution in [0.1, 0.15) is 11.6 Å². The number of carbonyl (C=O) groups is 1. The average Bonchev–Trinajstić information content (AvgIpc) is 2.81. The molecule has 2 fully saturated rings. The first kappa shape index (κ1) is 22.9. The summed E-state index contributed by atoms with van der Waals surface area (Å²) in [6, 6.07) is 17.1. The molecule has 0 aliphatic carbocycles. The van der Waals surface area contributed by atoms with Crippen LogP contribution >= 0.6 is 0 Å². The molecule has 2 aliphatic rings. The lowest BCUT2D eigenvalue weighted by atomic mass is 10.0. The highest BCUT2D eigenvalue weighted by molar-refractivity contribution is 7.91. The molecule has 172 valence electrons. The third-order valence-electron chi connectivity index (χ3n) is 6.02. The fourth-order valence-corrected chi connectivity index (χ4v) is 6.87. The van der Waals surface area contributed by atoms with Gasteiger partial charge in [0.2, 0.25) is 15.9 Å². The van der Waals surface area contributed by atoms with E-state index in [2.05, 4.69) is 0 Å². The van der Waals surface area contributed by atoms with E-state index >= 15 is 0 Å². The lowest BCUT2D eigenvalue weighted by Gasteiger charge is -2.39. The van der Waals surface area contributed by atoms with Crippen molar-refractivity contribution in [2.75, 3.05) is 50.8 Å². The Kier molecular flexibility index (Phi) is 6.66. The van der Waals surface area contributed by atoms with Gasteiger partial charge in [0.15, 0.2) is 9.84 Å². The molecule has 2 heterocycles. The van der Waals surface area contributed by atoms with E-state index in [-0.39, 0.29) is 35.4 Å². The third kappa shape index (κ3) is 4.88. The van der Waals surface area contributed by atoms with Crippen molar-refractivity contribution in [3.63, 3.8) is 0 Å². The Labute approximate surface area is 189 Å². The fourth-order valence-electron chi connectivity index (χ4n) is 4.19. The minimum absolute atomic E-state index is 0.0344. The van der Waals surface area contributed by atoms with E-state index in [4.69, 9.17) is 0 Å². The van der Waals surface area contributed by atoms with Crippen LogP contribution in [0, 0.1) is 0 Å². The molecule has 8 nitrogen and oxygen atoms in total. The monoisotopic (exact) mass is 477 g/mol. The molecule has 0 radical (unpaired) electrons. The fraction of sp³-hybridized carbons (Fsp3) is 0.409. The molecular weight excluding hydrogens is 450 g/mol. The van der Waals surface area contributed by atoms with Crippen molar-refractivity contribution >= 4 is 25.8 Å². The number of benzene rings is 2. The molecule has 1 unspecified atom stereocenters. The second-order valence-electron chi connectivity index (χ2n) is 8.04. The lowest BCUT2D eigenvalue weighted by Crippen LogP contribution is -2.54. The molecule has 10 heteroatoms. The highest BCUT2D eigenvalue weighted by Crippen LogP contribution is 2.26. The van der Waals surface area contributed by atoms with Gasteiger partial charge in [0.05, 0.1) is 16.4 Å². The van der Waals surface area contributed by atoms with Crippen LogP contribution in [0.3, 0.4) is 0 Å². The summed E-state index contributed by atoms with van der Waals surface area (Å²) in [5.74, 6) is -0.0494. The summed E-state index contributed by atoms with van der Waals surface area (Å²) in [5, 5.41) is 0. The van der Waals surface area contributed by atoms with Gasteiger partial charge in [-0.1, -0.05) is 48.5 Å². The molecule has 1 atom stereocenters. The van der Waals surface area contributed by atoms with Crippen LogP contribution in [0.15, 0.2) is 65.6 Å². The molecule has 0 aromatic heterocycles. The van der Waals surface area contributed by atoms with Crippen molar-refractivity contribution in [1.82, 2.24) is 14.1 Å². The second-order valence-corrected chi connectivity index (χ2v) is 12.3. The van der Waals surface area contributed by atoms with Gasteiger partial charge in [0.25, 0.3) is 0 Å². The van der Waals surface area contributed by atoms with Crippen molar-refractivity contribution < 1.29 is 21.6 Å². The Morgan fingerprint density at radius 2 is 1.31 bits per heavy atom. The maximum atomic E-state index is 13.6. The summed E-state index contributed by atoms with van der Waals surface area (Å²) >= 11 is 0. The van der Waals surface area contributed by atoms with Gasteiger partial charge in [-0.2, -0.15) is 4.31 Å². The molecule has 4 rings (SSSR count). The zero-order chi connectivity index (χ0) is 22.8. The van der Waals surface area contributed by atoms with Crippen LogP contribution < -0.4 is 0 Å². The molecule has 1 amide bonds. The van der Waals surface area contributed by atoms with Crippen molar-refractivity contribution in [1.29, 1.82) is 0 Å². The molecular formula is C22H27N3O5S2. The van der Waals surface area contributed by atoms with E-state index in [0.29, 0.717) is 26.2 Å². The van der Waals surface area contributed by atoms with Crippen molar-refractivity contribution in [2.45, 2.75) is 10.9 Å². The standard InChI is InChI=1S/C22H27N3O5S2/c26-22(21(19-7-3-1-4-8-19)23-15-17-31(27,28)18-16-23)24-11-13-25(14-12-24)32(29,30)20-9-5-2-6-10-20/h1-10,21H,11-18H2. The number of rotatable bonds is 5. The van der Waals surface area contributed by atoms with Crippen LogP contribution in [-0.2, 0) is 24.7 Å². The number of nitrogens with zero attached hydrogens (tertiary/aromatic N) is 3. The smallest absolute Gasteiger partial charge is 0.244 e. The molecule has 32 heavy (non-hydrogen) atoms. The molecule has 2 aromatic rings. The third-order valence-corrected chi connectivity index (χ3v) is 9.55. The van der Waals surface area contributed by atoms with Crippen molar-refractivity contribution in [2.24, 2.45) is 0 Å². The number of carbonyl (C=O) groups excluding carboxylic acids is 1. The van der Waals surface area contributed by atoms with E-state index in [1.165, 1.54) is 4.31 Å². The van der Waals surface area contributed by atoms with Gasteiger partial charge < -0.3 is 4.90 Å². The first-order chi connectivity index (χ1) is 15.3. The molecule has 0 N–H and O–H groups in total. The van der Waals surface area contributed by atoms with E-state index in [0.717, 1.165) is 5.56 Å². The van der Waals surface area contributed by atoms with Gasteiger partial charge in [-0.15, -0.1) is 0 Å². The number of hydrogen-bond donors (Lipinski definition) is 0. The molecule has 2 aliphatic heterocycles. The summed E-state index contributed by atoms with van der Waals surface area (Å²) in [6.07, 6.45) is 0. The molecule has 2 saturated heterocycles. The van der Waals surface area contributed by atoms with E-state index in [9.17, 15) is 21.6 Å². The van der Waals surface area contributed by atoms with Crippen LogP contribution in [-0.4, -0.2) is 87.6 Å². The minimum atomic E-state index is -3.60. The van der Waals surface area contributed by atoms with Gasteiger partial charge in [0.1, 0.15) is 6.04 Å². The average molecular weight is 478 g/mol. The molecule has 0 saturated carbocycles. The Hall–Kier alpha value is -2.27. The largest absolute Gasteiger partial charge is 0.338 e. The molecule has 0 spiro atoms. The predicted octanol–water partition coefficient (Wildman–Crippen LogP) is 0.991. The van der Waals surface area contributed by atoms with Gasteiger partial charge in [-0.05, 0) is 17.7 Å². The number of amides is 1. The van der Waals surface area contributed by atoms with E-state index < -0.39 is 25.9 Å². The first-order valence-corrected chi connectivity index (χ1v) is 13.9. The predicted molar refractivity (Wildman–Crippen MR) is 121 cm³/mol. The summed E-state index contributed by atoms with van der Waals surface area (Å²) in [4.78, 5) is 17.4. The summed E-state index contributed by atoms with van der Waals surface area (Å²) in [7, 11) is -6.67. The maximum Gasteiger partial charge on any atom is 0.244 e. The Balaban J connectivity index is 1.49. The SMILES string of the molecule is O=C(C(c1ccccc1)N1CCS(=O)(=O)CC1)N1CCN(S(=O)(=O)c2ccccc2)CC1. The number of sulfone groups is 1. The lowest BCUT2D eigenvalue weighted by molar-refractivity contribution is -0.138. The van der Waals surface area contributed by atoms with Crippen LogP contribution in [0.5, 0.6) is 0 Å². The van der Waals surface area contributed by atoms with Crippen molar-refractivity contribution in [3.8, 4) is 0 Å². The highest BCUT2D eigenvalue weighted by atomic mass is 32.2. The highest BCUT2D eigenvalue weighted by Gasteiger charge is 2.37. The minimum Gasteiger partial charge on any atom is -0.338 e. The number of piperazine rings is 1. The van der Waals surface area contributed by atoms with Gasteiger partial charge in [0, 0.05) is 39.3 Å². The second kappa shape index (κ2) is 9.30. The summed E-state index contributed by atoms with van der Waals surface area (Å²) < 4.78 is 51.0. The van der Waals surface area contributed by atoms with Crippen molar-refractivity contribution in [3.05, 3.63) is 66.2 Å². The first-order valence-electron chi connectivity index (χ1n) is 10.6. The van der Waals surface area contributed by atoms with Crippen LogP contribution in [0.2, 0.25) is 0 Å². The Bertz CT molecular complexity index is 1130. The van der Waals surface area contributed by atoms with Gasteiger partial charge in [-0.25, -0.2) is 16.8 Å². The van der Waals surface area contributed by atoms with Crippen LogP contribution in [0.4, 0.5) is 0 Å². The van der Waals surface area contributed by atoms with Gasteiger partial charge in [-0.3, -0.25) is 9.69 Å². The Morgan fingerprint density at radius 1 is 0.781 bits per heavy atom. The number of sulfonamides is 1. The van der Waals surface area contributed by atoms with E-state index in [1.807, 2.05) is 35.2 Å². The topological polar surface area (TPSA) is 95.1 Å². The van der Waals surface area contributed by atoms with Crippen LogP contribution in [0.25, 0.3) is 0 Å². The summed E-state index contributed by atoms with van der Waals surface area (Å²) in [5.41, 5.74) is 0.816. The Morgan fingerprint density at radius 3 is 1.88 bits per heavy atom. The zero-order valence-electron chi connectivity index (χ0n) is 17.7. The number of hydrogen-bond acceptors (Lipinski definition) is 6. The molecule has 0 bridgehead atoms.